The Morgan fingerprint density at radius 1 is 1.06 bits per heavy atom. The van der Waals surface area contributed by atoms with Gasteiger partial charge in [-0.15, -0.1) is 0 Å². The van der Waals surface area contributed by atoms with E-state index < -0.39 is 5.97 Å². The van der Waals surface area contributed by atoms with Crippen molar-refractivity contribution in [2.45, 2.75) is 6.54 Å². The van der Waals surface area contributed by atoms with Crippen LogP contribution in [-0.4, -0.2) is 48.6 Å². The first-order chi connectivity index (χ1) is 15.1. The van der Waals surface area contributed by atoms with Crippen LogP contribution < -0.4 is 9.47 Å². The standard InChI is InChI=1S/C24H22N2O5/c1-26(15-17-6-10-21-22(14-17)30-13-12-29-21)23(27)16-31-24(28)11-9-19-8-7-18-4-2-3-5-20(18)25-19/h2-11,14H,12-13,15-16H2,1H3/b11-9+. The average Bonchev–Trinajstić information content (AvgIpc) is 2.81. The lowest BCUT2D eigenvalue weighted by molar-refractivity contribution is -0.147. The molecule has 7 nitrogen and oxygen atoms in total. The quantitative estimate of drug-likeness (QED) is 0.452. The second-order valence-corrected chi connectivity index (χ2v) is 7.10. The molecule has 0 saturated carbocycles. The summed E-state index contributed by atoms with van der Waals surface area (Å²) < 4.78 is 16.1. The van der Waals surface area contributed by atoms with Gasteiger partial charge in [0.2, 0.25) is 0 Å². The number of esters is 1. The van der Waals surface area contributed by atoms with Gasteiger partial charge in [-0.25, -0.2) is 9.78 Å². The maximum atomic E-state index is 12.3. The molecule has 31 heavy (non-hydrogen) atoms. The predicted molar refractivity (Wildman–Crippen MR) is 116 cm³/mol. The Morgan fingerprint density at radius 2 is 1.87 bits per heavy atom. The molecular weight excluding hydrogens is 396 g/mol. The summed E-state index contributed by atoms with van der Waals surface area (Å²) in [6.45, 7) is 1.06. The highest BCUT2D eigenvalue weighted by Crippen LogP contribution is 2.31. The van der Waals surface area contributed by atoms with E-state index in [4.69, 9.17) is 14.2 Å². The van der Waals surface area contributed by atoms with Crippen LogP contribution >= 0.6 is 0 Å². The molecule has 0 aliphatic carbocycles. The number of ether oxygens (including phenoxy) is 3. The molecule has 0 saturated heterocycles. The normalized spacial score (nSPS) is 12.7. The van der Waals surface area contributed by atoms with Crippen molar-refractivity contribution in [3.63, 3.8) is 0 Å². The number of likely N-dealkylation sites (N-methyl/N-ethyl adjacent to an activating group) is 1. The third kappa shape index (κ3) is 5.19. The molecule has 0 N–H and O–H groups in total. The van der Waals surface area contributed by atoms with E-state index in [1.807, 2.05) is 54.6 Å². The molecule has 1 aromatic heterocycles. The van der Waals surface area contributed by atoms with E-state index in [9.17, 15) is 9.59 Å². The number of para-hydroxylation sites is 1. The summed E-state index contributed by atoms with van der Waals surface area (Å²) in [5, 5.41) is 1.02. The van der Waals surface area contributed by atoms with E-state index in [1.165, 1.54) is 11.0 Å². The van der Waals surface area contributed by atoms with Crippen LogP contribution in [0, 0.1) is 0 Å². The van der Waals surface area contributed by atoms with E-state index in [0.717, 1.165) is 16.5 Å². The first-order valence-electron chi connectivity index (χ1n) is 9.91. The van der Waals surface area contributed by atoms with E-state index in [0.29, 0.717) is 37.0 Å². The number of fused-ring (bicyclic) bond motifs is 2. The van der Waals surface area contributed by atoms with Gasteiger partial charge in [-0.1, -0.05) is 30.3 Å². The zero-order valence-corrected chi connectivity index (χ0v) is 17.1. The van der Waals surface area contributed by atoms with Crippen molar-refractivity contribution in [3.05, 3.63) is 71.9 Å². The van der Waals surface area contributed by atoms with E-state index in [1.54, 1.807) is 13.1 Å². The van der Waals surface area contributed by atoms with Crippen molar-refractivity contribution in [2.24, 2.45) is 0 Å². The summed E-state index contributed by atoms with van der Waals surface area (Å²) in [6, 6.07) is 17.0. The molecule has 1 aliphatic heterocycles. The van der Waals surface area contributed by atoms with Crippen LogP contribution in [0.25, 0.3) is 17.0 Å². The van der Waals surface area contributed by atoms with Gasteiger partial charge in [-0.3, -0.25) is 4.79 Å². The molecule has 0 bridgehead atoms. The molecule has 1 amide bonds. The van der Waals surface area contributed by atoms with E-state index in [-0.39, 0.29) is 12.5 Å². The van der Waals surface area contributed by atoms with E-state index >= 15 is 0 Å². The number of pyridine rings is 1. The van der Waals surface area contributed by atoms with Crippen molar-refractivity contribution in [1.29, 1.82) is 0 Å². The molecule has 4 rings (SSSR count). The van der Waals surface area contributed by atoms with E-state index in [2.05, 4.69) is 4.98 Å². The number of hydrogen-bond donors (Lipinski definition) is 0. The van der Waals surface area contributed by atoms with Crippen molar-refractivity contribution < 1.29 is 23.8 Å². The Balaban J connectivity index is 1.28. The molecule has 0 unspecified atom stereocenters. The molecular formula is C24H22N2O5. The summed E-state index contributed by atoms with van der Waals surface area (Å²) in [5.74, 6) is 0.463. The number of amides is 1. The van der Waals surface area contributed by atoms with Crippen LogP contribution in [-0.2, 0) is 20.9 Å². The summed E-state index contributed by atoms with van der Waals surface area (Å²) in [5.41, 5.74) is 2.38. The molecule has 1 aliphatic rings. The zero-order chi connectivity index (χ0) is 21.6. The number of aromatic nitrogens is 1. The maximum absolute atomic E-state index is 12.3. The summed E-state index contributed by atoms with van der Waals surface area (Å²) in [6.07, 6.45) is 2.84. The topological polar surface area (TPSA) is 78.0 Å². The highest BCUT2D eigenvalue weighted by Gasteiger charge is 2.15. The van der Waals surface area contributed by atoms with Gasteiger partial charge in [0.1, 0.15) is 13.2 Å². The van der Waals surface area contributed by atoms with Crippen molar-refractivity contribution >= 4 is 28.9 Å². The smallest absolute Gasteiger partial charge is 0.331 e. The molecule has 0 radical (unpaired) electrons. The summed E-state index contributed by atoms with van der Waals surface area (Å²) >= 11 is 0. The van der Waals surface area contributed by atoms with Crippen LogP contribution in [0.1, 0.15) is 11.3 Å². The number of benzene rings is 2. The highest BCUT2D eigenvalue weighted by atomic mass is 16.6. The van der Waals surface area contributed by atoms with Gasteiger partial charge < -0.3 is 19.1 Å². The summed E-state index contributed by atoms with van der Waals surface area (Å²) in [7, 11) is 1.65. The Bertz CT molecular complexity index is 1140. The second-order valence-electron chi connectivity index (χ2n) is 7.10. The molecule has 0 atom stereocenters. The van der Waals surface area contributed by atoms with Gasteiger partial charge in [0.25, 0.3) is 5.91 Å². The number of carbonyl (C=O) groups is 2. The van der Waals surface area contributed by atoms with Crippen molar-refractivity contribution in [1.82, 2.24) is 9.88 Å². The number of nitrogens with zero attached hydrogens (tertiary/aromatic N) is 2. The zero-order valence-electron chi connectivity index (χ0n) is 17.1. The van der Waals surface area contributed by atoms with Gasteiger partial charge in [-0.05, 0) is 35.9 Å². The molecule has 7 heteroatoms. The second kappa shape index (κ2) is 9.30. The minimum Gasteiger partial charge on any atom is -0.486 e. The van der Waals surface area contributed by atoms with Crippen molar-refractivity contribution in [2.75, 3.05) is 26.9 Å². The lowest BCUT2D eigenvalue weighted by Gasteiger charge is -2.21. The lowest BCUT2D eigenvalue weighted by atomic mass is 10.2. The number of rotatable bonds is 6. The Hall–Kier alpha value is -3.87. The lowest BCUT2D eigenvalue weighted by Crippen LogP contribution is -2.30. The van der Waals surface area contributed by atoms with Gasteiger partial charge in [0.15, 0.2) is 18.1 Å². The van der Waals surface area contributed by atoms with Gasteiger partial charge in [-0.2, -0.15) is 0 Å². The first-order valence-corrected chi connectivity index (χ1v) is 9.91. The third-order valence-corrected chi connectivity index (χ3v) is 4.80. The monoisotopic (exact) mass is 418 g/mol. The number of carbonyl (C=O) groups excluding carboxylic acids is 2. The minimum absolute atomic E-state index is 0.305. The highest BCUT2D eigenvalue weighted by molar-refractivity contribution is 5.89. The third-order valence-electron chi connectivity index (χ3n) is 4.80. The minimum atomic E-state index is -0.601. The largest absolute Gasteiger partial charge is 0.486 e. The van der Waals surface area contributed by atoms with Crippen LogP contribution in [0.2, 0.25) is 0 Å². The van der Waals surface area contributed by atoms with Crippen LogP contribution in [0.3, 0.4) is 0 Å². The Labute approximate surface area is 179 Å². The Kier molecular flexibility index (Phi) is 6.12. The fourth-order valence-corrected chi connectivity index (χ4v) is 3.17. The fourth-order valence-electron chi connectivity index (χ4n) is 3.17. The van der Waals surface area contributed by atoms with Crippen molar-refractivity contribution in [3.8, 4) is 11.5 Å². The van der Waals surface area contributed by atoms with Crippen LogP contribution in [0.5, 0.6) is 11.5 Å². The number of hydrogen-bond acceptors (Lipinski definition) is 6. The van der Waals surface area contributed by atoms with Crippen LogP contribution in [0.4, 0.5) is 0 Å². The molecule has 2 heterocycles. The molecule has 2 aromatic carbocycles. The first kappa shape index (κ1) is 20.4. The molecule has 0 spiro atoms. The van der Waals surface area contributed by atoms with Gasteiger partial charge in [0.05, 0.1) is 11.2 Å². The molecule has 0 fully saturated rings. The SMILES string of the molecule is CN(Cc1ccc2c(c1)OCCO2)C(=O)COC(=O)/C=C/c1ccc2ccccc2n1. The fraction of sp³-hybridized carbons (Fsp3) is 0.208. The Morgan fingerprint density at radius 3 is 2.74 bits per heavy atom. The average molecular weight is 418 g/mol. The van der Waals surface area contributed by atoms with Gasteiger partial charge >= 0.3 is 5.97 Å². The van der Waals surface area contributed by atoms with Gasteiger partial charge in [0, 0.05) is 25.1 Å². The maximum Gasteiger partial charge on any atom is 0.331 e. The van der Waals surface area contributed by atoms with Crippen LogP contribution in [0.15, 0.2) is 60.7 Å². The molecule has 3 aromatic rings. The molecule has 158 valence electrons. The summed E-state index contributed by atoms with van der Waals surface area (Å²) in [4.78, 5) is 30.3. The predicted octanol–water partition coefficient (Wildman–Crippen LogP) is 3.22.